The minimum Gasteiger partial charge on any atom is -0.355 e. The molecule has 10 heteroatoms. The molecular formula is C19H21FN6O2S. The number of halogens is 1. The van der Waals surface area contributed by atoms with E-state index >= 15 is 0 Å². The number of fused-ring (bicyclic) bond motifs is 2. The molecule has 2 fully saturated rings. The van der Waals surface area contributed by atoms with E-state index < -0.39 is 15.8 Å². The van der Waals surface area contributed by atoms with Crippen molar-refractivity contribution in [3.05, 3.63) is 48.0 Å². The summed E-state index contributed by atoms with van der Waals surface area (Å²) < 4.78 is 43.0. The van der Waals surface area contributed by atoms with Crippen molar-refractivity contribution < 1.29 is 12.8 Å². The highest BCUT2D eigenvalue weighted by Gasteiger charge is 2.45. The Kier molecular flexibility index (Phi) is 4.28. The third kappa shape index (κ3) is 2.98. The van der Waals surface area contributed by atoms with Gasteiger partial charge in [0.15, 0.2) is 11.5 Å². The second kappa shape index (κ2) is 6.74. The Balaban J connectivity index is 1.34. The smallest absolute Gasteiger partial charge is 0.246 e. The summed E-state index contributed by atoms with van der Waals surface area (Å²) >= 11 is 0. The molecule has 1 aromatic carbocycles. The van der Waals surface area contributed by atoms with Gasteiger partial charge in [0.1, 0.15) is 16.5 Å². The number of hydrogen-bond donors (Lipinski definition) is 0. The number of rotatable bonds is 4. The summed E-state index contributed by atoms with van der Waals surface area (Å²) in [6, 6.07) is 9.38. The van der Waals surface area contributed by atoms with E-state index in [9.17, 15) is 12.8 Å². The van der Waals surface area contributed by atoms with Crippen molar-refractivity contribution >= 4 is 21.5 Å². The van der Waals surface area contributed by atoms with E-state index in [2.05, 4.69) is 20.2 Å². The Bertz CT molecular complexity index is 1170. The highest BCUT2D eigenvalue weighted by atomic mass is 32.2. The van der Waals surface area contributed by atoms with E-state index in [-0.39, 0.29) is 16.7 Å². The molecule has 2 aromatic heterocycles. The van der Waals surface area contributed by atoms with Crippen LogP contribution in [0.25, 0.3) is 5.65 Å². The lowest BCUT2D eigenvalue weighted by Gasteiger charge is -2.22. The topological polar surface area (TPSA) is 83.7 Å². The van der Waals surface area contributed by atoms with Crippen molar-refractivity contribution in [2.45, 2.75) is 18.2 Å². The molecule has 2 aliphatic rings. The summed E-state index contributed by atoms with van der Waals surface area (Å²) in [7, 11) is -3.82. The highest BCUT2D eigenvalue weighted by Crippen LogP contribution is 2.36. The van der Waals surface area contributed by atoms with Crippen LogP contribution in [-0.4, -0.2) is 58.7 Å². The molecule has 5 rings (SSSR count). The average Bonchev–Trinajstić information content (AvgIpc) is 3.40. The standard InChI is InChI=1S/C19H21FN6O2S/c1-2-17-21-22-18-7-8-19(23-26(17)18)24-9-13-11-25(12-14(13)10-24)29(27,28)16-6-4-3-5-15(16)20/h3-8,13-14H,2,9-12H2,1H3. The first-order valence-corrected chi connectivity index (χ1v) is 11.1. The molecular weight excluding hydrogens is 395 g/mol. The number of aryl methyl sites for hydroxylation is 1. The molecule has 29 heavy (non-hydrogen) atoms. The van der Waals surface area contributed by atoms with E-state index in [1.54, 1.807) is 10.6 Å². The van der Waals surface area contributed by atoms with Gasteiger partial charge < -0.3 is 4.90 Å². The van der Waals surface area contributed by atoms with Crippen LogP contribution in [0.2, 0.25) is 0 Å². The third-order valence-electron chi connectivity index (χ3n) is 5.86. The fraction of sp³-hybridized carbons (Fsp3) is 0.421. The SMILES string of the molecule is CCc1nnc2ccc(N3CC4CN(S(=O)(=O)c5ccccc5F)CC4C3)nn12. The zero-order valence-electron chi connectivity index (χ0n) is 15.9. The molecule has 0 N–H and O–H groups in total. The van der Waals surface area contributed by atoms with Gasteiger partial charge in [0.05, 0.1) is 0 Å². The lowest BCUT2D eigenvalue weighted by molar-refractivity contribution is 0.447. The molecule has 0 bridgehead atoms. The van der Waals surface area contributed by atoms with Crippen LogP contribution < -0.4 is 4.90 Å². The number of sulfonamides is 1. The van der Waals surface area contributed by atoms with E-state index in [0.29, 0.717) is 18.7 Å². The van der Waals surface area contributed by atoms with Crippen molar-refractivity contribution in [1.29, 1.82) is 0 Å². The molecule has 2 unspecified atom stereocenters. The zero-order valence-corrected chi connectivity index (χ0v) is 16.8. The van der Waals surface area contributed by atoms with Gasteiger partial charge in [0.25, 0.3) is 0 Å². The second-order valence-electron chi connectivity index (χ2n) is 7.61. The van der Waals surface area contributed by atoms with Crippen molar-refractivity contribution in [3.63, 3.8) is 0 Å². The molecule has 2 saturated heterocycles. The summed E-state index contributed by atoms with van der Waals surface area (Å²) in [4.78, 5) is 1.94. The van der Waals surface area contributed by atoms with Gasteiger partial charge in [-0.1, -0.05) is 19.1 Å². The predicted molar refractivity (Wildman–Crippen MR) is 105 cm³/mol. The number of benzene rings is 1. The van der Waals surface area contributed by atoms with Crippen molar-refractivity contribution in [3.8, 4) is 0 Å². The van der Waals surface area contributed by atoms with Gasteiger partial charge >= 0.3 is 0 Å². The minimum absolute atomic E-state index is 0.195. The molecule has 0 saturated carbocycles. The van der Waals surface area contributed by atoms with E-state index in [4.69, 9.17) is 0 Å². The summed E-state index contributed by atoms with van der Waals surface area (Å²) in [5.74, 6) is 1.33. The van der Waals surface area contributed by atoms with Gasteiger partial charge in [-0.3, -0.25) is 0 Å². The van der Waals surface area contributed by atoms with Crippen LogP contribution in [0.4, 0.5) is 10.2 Å². The maximum Gasteiger partial charge on any atom is 0.246 e. The first kappa shape index (κ1) is 18.4. The Labute approximate surface area is 168 Å². The van der Waals surface area contributed by atoms with Gasteiger partial charge in [-0.25, -0.2) is 12.8 Å². The Hall–Kier alpha value is -2.59. The summed E-state index contributed by atoms with van der Waals surface area (Å²) in [6.45, 7) is 4.24. The second-order valence-corrected chi connectivity index (χ2v) is 9.52. The number of hydrogen-bond acceptors (Lipinski definition) is 6. The fourth-order valence-electron chi connectivity index (χ4n) is 4.34. The molecule has 4 heterocycles. The van der Waals surface area contributed by atoms with Gasteiger partial charge in [0, 0.05) is 32.6 Å². The number of nitrogens with zero attached hydrogens (tertiary/aromatic N) is 6. The normalized spacial score (nSPS) is 22.5. The lowest BCUT2D eigenvalue weighted by Crippen LogP contribution is -2.34. The molecule has 0 aliphatic carbocycles. The van der Waals surface area contributed by atoms with Crippen molar-refractivity contribution in [2.75, 3.05) is 31.1 Å². The zero-order chi connectivity index (χ0) is 20.2. The van der Waals surface area contributed by atoms with Gasteiger partial charge in [-0.05, 0) is 36.1 Å². The van der Waals surface area contributed by atoms with Crippen LogP contribution in [0, 0.1) is 17.7 Å². The Morgan fingerprint density at radius 3 is 2.45 bits per heavy atom. The lowest BCUT2D eigenvalue weighted by atomic mass is 10.0. The molecule has 152 valence electrons. The Morgan fingerprint density at radius 2 is 1.76 bits per heavy atom. The highest BCUT2D eigenvalue weighted by molar-refractivity contribution is 7.89. The van der Waals surface area contributed by atoms with Crippen LogP contribution in [0.1, 0.15) is 12.7 Å². The number of anilines is 1. The molecule has 2 aliphatic heterocycles. The predicted octanol–water partition coefficient (Wildman–Crippen LogP) is 1.58. The molecule has 3 aromatic rings. The van der Waals surface area contributed by atoms with E-state index in [0.717, 1.165) is 31.2 Å². The molecule has 0 spiro atoms. The van der Waals surface area contributed by atoms with E-state index in [1.807, 2.05) is 19.1 Å². The summed E-state index contributed by atoms with van der Waals surface area (Å²) in [6.07, 6.45) is 0.742. The van der Waals surface area contributed by atoms with E-state index in [1.165, 1.54) is 22.5 Å². The van der Waals surface area contributed by atoms with Gasteiger partial charge in [-0.2, -0.15) is 8.82 Å². The van der Waals surface area contributed by atoms with Gasteiger partial charge in [-0.15, -0.1) is 15.3 Å². The Morgan fingerprint density at radius 1 is 1.03 bits per heavy atom. The maximum absolute atomic E-state index is 14.0. The molecule has 0 amide bonds. The molecule has 8 nitrogen and oxygen atoms in total. The maximum atomic E-state index is 14.0. The van der Waals surface area contributed by atoms with Crippen LogP contribution in [-0.2, 0) is 16.4 Å². The largest absolute Gasteiger partial charge is 0.355 e. The minimum atomic E-state index is -3.82. The van der Waals surface area contributed by atoms with Crippen LogP contribution in [0.5, 0.6) is 0 Å². The third-order valence-corrected chi connectivity index (χ3v) is 7.73. The van der Waals surface area contributed by atoms with Crippen molar-refractivity contribution in [1.82, 2.24) is 24.1 Å². The fourth-order valence-corrected chi connectivity index (χ4v) is 5.96. The number of aromatic nitrogens is 4. The van der Waals surface area contributed by atoms with Crippen LogP contribution in [0.3, 0.4) is 0 Å². The monoisotopic (exact) mass is 416 g/mol. The molecule has 0 radical (unpaired) electrons. The summed E-state index contributed by atoms with van der Waals surface area (Å²) in [5.41, 5.74) is 0.715. The van der Waals surface area contributed by atoms with Gasteiger partial charge in [0.2, 0.25) is 10.0 Å². The first-order chi connectivity index (χ1) is 14.0. The van der Waals surface area contributed by atoms with Crippen LogP contribution >= 0.6 is 0 Å². The summed E-state index contributed by atoms with van der Waals surface area (Å²) in [5, 5.41) is 12.9. The average molecular weight is 416 g/mol. The van der Waals surface area contributed by atoms with Crippen molar-refractivity contribution in [2.24, 2.45) is 11.8 Å². The quantitative estimate of drug-likeness (QED) is 0.642. The van der Waals surface area contributed by atoms with Crippen LogP contribution in [0.15, 0.2) is 41.3 Å². The molecule has 2 atom stereocenters. The first-order valence-electron chi connectivity index (χ1n) is 9.68.